The number of halogens is 2. The first-order valence-corrected chi connectivity index (χ1v) is 5.16. The van der Waals surface area contributed by atoms with Gasteiger partial charge in [-0.2, -0.15) is 0 Å². The van der Waals surface area contributed by atoms with Gasteiger partial charge < -0.3 is 0 Å². The van der Waals surface area contributed by atoms with Crippen molar-refractivity contribution in [3.05, 3.63) is 43.9 Å². The SMILES string of the molecule is CC(C)(C(=O)c1ccc(Cl)c(Cl)c1)[N+](=O)[O-]. The second kappa shape index (κ2) is 4.39. The molecule has 0 saturated carbocycles. The Balaban J connectivity index is 3.15. The molecule has 0 aliphatic carbocycles. The highest BCUT2D eigenvalue weighted by atomic mass is 35.5. The molecule has 0 fully saturated rings. The van der Waals surface area contributed by atoms with E-state index >= 15 is 0 Å². The van der Waals surface area contributed by atoms with Gasteiger partial charge in [0.25, 0.3) is 5.54 Å². The Hall–Kier alpha value is -1.13. The van der Waals surface area contributed by atoms with E-state index in [1.165, 1.54) is 32.0 Å². The zero-order chi connectivity index (χ0) is 12.5. The van der Waals surface area contributed by atoms with Crippen molar-refractivity contribution in [3.8, 4) is 0 Å². The Morgan fingerprint density at radius 2 is 1.88 bits per heavy atom. The lowest BCUT2D eigenvalue weighted by molar-refractivity contribution is -0.540. The van der Waals surface area contributed by atoms with E-state index in [9.17, 15) is 14.9 Å². The van der Waals surface area contributed by atoms with Crippen molar-refractivity contribution in [2.24, 2.45) is 0 Å². The van der Waals surface area contributed by atoms with E-state index in [-0.39, 0.29) is 10.6 Å². The van der Waals surface area contributed by atoms with Crippen LogP contribution < -0.4 is 0 Å². The molecule has 1 rings (SSSR count). The van der Waals surface area contributed by atoms with Crippen molar-refractivity contribution in [2.45, 2.75) is 19.4 Å². The van der Waals surface area contributed by atoms with Crippen LogP contribution >= 0.6 is 23.2 Å². The largest absolute Gasteiger partial charge is 0.286 e. The zero-order valence-corrected chi connectivity index (χ0v) is 10.2. The van der Waals surface area contributed by atoms with Gasteiger partial charge in [0.2, 0.25) is 5.78 Å². The van der Waals surface area contributed by atoms with Crippen LogP contribution in [0, 0.1) is 10.1 Å². The van der Waals surface area contributed by atoms with Crippen LogP contribution in [0.3, 0.4) is 0 Å². The summed E-state index contributed by atoms with van der Waals surface area (Å²) < 4.78 is 0. The van der Waals surface area contributed by atoms with E-state index in [0.29, 0.717) is 5.02 Å². The monoisotopic (exact) mass is 261 g/mol. The van der Waals surface area contributed by atoms with E-state index in [2.05, 4.69) is 0 Å². The molecule has 6 heteroatoms. The normalized spacial score (nSPS) is 11.2. The molecule has 0 aliphatic rings. The van der Waals surface area contributed by atoms with Crippen LogP contribution in [0.1, 0.15) is 24.2 Å². The van der Waals surface area contributed by atoms with E-state index in [0.717, 1.165) is 0 Å². The van der Waals surface area contributed by atoms with Gasteiger partial charge in [-0.05, 0) is 18.2 Å². The number of benzene rings is 1. The van der Waals surface area contributed by atoms with Crippen molar-refractivity contribution in [1.29, 1.82) is 0 Å². The van der Waals surface area contributed by atoms with Gasteiger partial charge in [0.1, 0.15) is 0 Å². The third-order valence-corrected chi connectivity index (χ3v) is 2.93. The minimum Gasteiger partial charge on any atom is -0.286 e. The molecule has 0 saturated heterocycles. The molecule has 1 aromatic rings. The molecule has 0 unspecified atom stereocenters. The summed E-state index contributed by atoms with van der Waals surface area (Å²) in [6.07, 6.45) is 0. The Bertz CT molecular complexity index is 457. The second-order valence-corrected chi connectivity index (χ2v) is 4.59. The zero-order valence-electron chi connectivity index (χ0n) is 8.66. The minimum atomic E-state index is -1.67. The number of nitrogens with zero attached hydrogens (tertiary/aromatic N) is 1. The smallest absolute Gasteiger partial charge is 0.278 e. The summed E-state index contributed by atoms with van der Waals surface area (Å²) in [4.78, 5) is 21.9. The first-order chi connectivity index (χ1) is 7.26. The lowest BCUT2D eigenvalue weighted by atomic mass is 9.94. The molecule has 0 atom stereocenters. The standard InChI is InChI=1S/C10H9Cl2NO3/c1-10(2,13(15)16)9(14)6-3-4-7(11)8(12)5-6/h3-5H,1-2H3. The summed E-state index contributed by atoms with van der Waals surface area (Å²) >= 11 is 11.4. The van der Waals surface area contributed by atoms with E-state index in [4.69, 9.17) is 23.2 Å². The van der Waals surface area contributed by atoms with Gasteiger partial charge in [-0.3, -0.25) is 14.9 Å². The van der Waals surface area contributed by atoms with Gasteiger partial charge >= 0.3 is 0 Å². The number of carbonyl (C=O) groups is 1. The van der Waals surface area contributed by atoms with Crippen molar-refractivity contribution < 1.29 is 9.72 Å². The molecule has 16 heavy (non-hydrogen) atoms. The average molecular weight is 262 g/mol. The van der Waals surface area contributed by atoms with Gasteiger partial charge in [0.05, 0.1) is 10.0 Å². The van der Waals surface area contributed by atoms with Gasteiger partial charge in [-0.15, -0.1) is 0 Å². The number of nitro groups is 1. The maximum Gasteiger partial charge on any atom is 0.278 e. The molecule has 0 aliphatic heterocycles. The fourth-order valence-electron chi connectivity index (χ4n) is 1.07. The van der Waals surface area contributed by atoms with Gasteiger partial charge in [0, 0.05) is 24.3 Å². The Morgan fingerprint density at radius 1 is 1.31 bits per heavy atom. The fourth-order valence-corrected chi connectivity index (χ4v) is 1.37. The van der Waals surface area contributed by atoms with Crippen LogP contribution in [-0.2, 0) is 0 Å². The highest BCUT2D eigenvalue weighted by Gasteiger charge is 2.40. The lowest BCUT2D eigenvalue weighted by Gasteiger charge is -2.14. The predicted molar refractivity (Wildman–Crippen MR) is 61.9 cm³/mol. The molecule has 0 N–H and O–H groups in total. The third kappa shape index (κ3) is 2.33. The Morgan fingerprint density at radius 3 is 2.31 bits per heavy atom. The van der Waals surface area contributed by atoms with Crippen LogP contribution in [0.15, 0.2) is 18.2 Å². The van der Waals surface area contributed by atoms with Crippen molar-refractivity contribution in [1.82, 2.24) is 0 Å². The number of hydrogen-bond acceptors (Lipinski definition) is 3. The molecule has 0 spiro atoms. The van der Waals surface area contributed by atoms with Crippen LogP contribution in [0.5, 0.6) is 0 Å². The van der Waals surface area contributed by atoms with Gasteiger partial charge in [-0.1, -0.05) is 23.2 Å². The van der Waals surface area contributed by atoms with Crippen LogP contribution in [-0.4, -0.2) is 16.2 Å². The minimum absolute atomic E-state index is 0.177. The quantitative estimate of drug-likeness (QED) is 0.477. The summed E-state index contributed by atoms with van der Waals surface area (Å²) in [5, 5.41) is 11.2. The molecule has 0 heterocycles. The number of Topliss-reactive ketones (excluding diaryl/α,β-unsaturated/α-hetero) is 1. The van der Waals surface area contributed by atoms with E-state index < -0.39 is 16.2 Å². The first kappa shape index (κ1) is 12.9. The topological polar surface area (TPSA) is 60.2 Å². The molecule has 0 aromatic heterocycles. The number of rotatable bonds is 3. The van der Waals surface area contributed by atoms with Gasteiger partial charge in [0.15, 0.2) is 0 Å². The molecule has 0 bridgehead atoms. The molecule has 86 valence electrons. The molecule has 0 amide bonds. The van der Waals surface area contributed by atoms with Crippen molar-refractivity contribution in [2.75, 3.05) is 0 Å². The summed E-state index contributed by atoms with van der Waals surface area (Å²) in [6, 6.07) is 4.19. The van der Waals surface area contributed by atoms with Crippen LogP contribution in [0.4, 0.5) is 0 Å². The Labute approximate surface area is 102 Å². The molecular formula is C10H9Cl2NO3. The third-order valence-electron chi connectivity index (χ3n) is 2.19. The number of hydrogen-bond donors (Lipinski definition) is 0. The summed E-state index contributed by atoms with van der Waals surface area (Å²) in [5.41, 5.74) is -1.49. The van der Waals surface area contributed by atoms with Crippen LogP contribution in [0.2, 0.25) is 10.0 Å². The first-order valence-electron chi connectivity index (χ1n) is 4.41. The average Bonchev–Trinajstić information content (AvgIpc) is 2.20. The van der Waals surface area contributed by atoms with Crippen LogP contribution in [0.25, 0.3) is 0 Å². The maximum absolute atomic E-state index is 11.8. The number of carbonyl (C=O) groups excluding carboxylic acids is 1. The second-order valence-electron chi connectivity index (χ2n) is 3.77. The van der Waals surface area contributed by atoms with Gasteiger partial charge in [-0.25, -0.2) is 0 Å². The summed E-state index contributed by atoms with van der Waals surface area (Å²) in [6.45, 7) is 2.50. The highest BCUT2D eigenvalue weighted by molar-refractivity contribution is 6.42. The van der Waals surface area contributed by atoms with E-state index in [1.807, 2.05) is 0 Å². The predicted octanol–water partition coefficient (Wildman–Crippen LogP) is 3.23. The summed E-state index contributed by atoms with van der Waals surface area (Å²) in [7, 11) is 0. The maximum atomic E-state index is 11.8. The lowest BCUT2D eigenvalue weighted by Crippen LogP contribution is -2.40. The molecule has 1 aromatic carbocycles. The highest BCUT2D eigenvalue weighted by Crippen LogP contribution is 2.25. The fraction of sp³-hybridized carbons (Fsp3) is 0.300. The number of ketones is 1. The molecule has 4 nitrogen and oxygen atoms in total. The summed E-state index contributed by atoms with van der Waals surface area (Å²) in [5.74, 6) is -0.601. The molecule has 0 radical (unpaired) electrons. The van der Waals surface area contributed by atoms with Crippen molar-refractivity contribution >= 4 is 29.0 Å². The van der Waals surface area contributed by atoms with Crippen molar-refractivity contribution in [3.63, 3.8) is 0 Å². The molecular weight excluding hydrogens is 253 g/mol. The Kier molecular flexibility index (Phi) is 3.55. The van der Waals surface area contributed by atoms with E-state index in [1.54, 1.807) is 0 Å².